The van der Waals surface area contributed by atoms with E-state index in [1.807, 2.05) is 0 Å². The lowest BCUT2D eigenvalue weighted by Gasteiger charge is -2.30. The highest BCUT2D eigenvalue weighted by atomic mass is 127. The Bertz CT molecular complexity index is 1220. The van der Waals surface area contributed by atoms with E-state index >= 15 is 0 Å². The van der Waals surface area contributed by atoms with Gasteiger partial charge in [-0.15, -0.1) is 0 Å². The van der Waals surface area contributed by atoms with Gasteiger partial charge in [0.1, 0.15) is 0 Å². The second-order valence-electron chi connectivity index (χ2n) is 8.60. The van der Waals surface area contributed by atoms with Gasteiger partial charge in [-0.3, -0.25) is 9.59 Å². The van der Waals surface area contributed by atoms with Crippen molar-refractivity contribution in [3.63, 3.8) is 0 Å². The molecule has 2 aromatic rings. The first-order chi connectivity index (χ1) is 16.7. The maximum atomic E-state index is 14.4. The second kappa shape index (κ2) is 10.8. The molecule has 0 saturated carbocycles. The predicted molar refractivity (Wildman–Crippen MR) is 130 cm³/mol. The van der Waals surface area contributed by atoms with Crippen LogP contribution in [0.1, 0.15) is 45.7 Å². The Morgan fingerprint density at radius 2 is 1.54 bits per heavy atom. The largest absolute Gasteiger partial charge is 0.435 e. The highest BCUT2D eigenvalue weighted by Gasteiger charge is 2.73. The van der Waals surface area contributed by atoms with Crippen LogP contribution in [0.3, 0.4) is 0 Å². The van der Waals surface area contributed by atoms with Crippen molar-refractivity contribution >= 4 is 51.2 Å². The molecule has 0 aromatic heterocycles. The maximum absolute atomic E-state index is 14.4. The molecule has 1 atom stereocenters. The van der Waals surface area contributed by atoms with Crippen LogP contribution in [-0.4, -0.2) is 44.2 Å². The summed E-state index contributed by atoms with van der Waals surface area (Å²) in [6.45, 7) is 4.03. The van der Waals surface area contributed by atoms with Gasteiger partial charge in [0, 0.05) is 20.4 Å². The van der Waals surface area contributed by atoms with Gasteiger partial charge in [0.2, 0.25) is 0 Å². The van der Waals surface area contributed by atoms with Crippen molar-refractivity contribution in [1.82, 2.24) is 5.32 Å². The van der Waals surface area contributed by atoms with Crippen LogP contribution in [0.2, 0.25) is 0 Å². The topological polar surface area (TPSA) is 95.5 Å². The molecular weight excluding hydrogens is 648 g/mol. The van der Waals surface area contributed by atoms with Gasteiger partial charge in [0.05, 0.1) is 16.9 Å². The molecule has 204 valence electrons. The van der Waals surface area contributed by atoms with Crippen LogP contribution >= 0.6 is 22.6 Å². The Balaban J connectivity index is 2.43. The van der Waals surface area contributed by atoms with E-state index in [0.717, 1.165) is 6.92 Å². The fraction of sp³-hybridized carbons (Fsp3) is 0.364. The summed E-state index contributed by atoms with van der Waals surface area (Å²) in [4.78, 5) is 25.9. The van der Waals surface area contributed by atoms with Crippen LogP contribution in [-0.2, 0) is 16.7 Å². The number of alkyl halides is 7. The number of rotatable bonds is 7. The third-order valence-corrected chi connectivity index (χ3v) is 6.94. The molecule has 0 aliphatic rings. The van der Waals surface area contributed by atoms with Crippen molar-refractivity contribution in [1.29, 1.82) is 0 Å². The molecule has 0 aliphatic heterocycles. The molecule has 3 N–H and O–H groups in total. The van der Waals surface area contributed by atoms with Gasteiger partial charge in [-0.05, 0) is 67.1 Å². The average Bonchev–Trinajstić information content (AvgIpc) is 2.71. The maximum Gasteiger partial charge on any atom is 0.435 e. The first-order valence-electron chi connectivity index (χ1n) is 10.1. The normalized spacial score (nSPS) is 13.7. The minimum atomic E-state index is -6.29. The molecule has 0 aliphatic carbocycles. The molecule has 37 heavy (non-hydrogen) atoms. The van der Waals surface area contributed by atoms with Gasteiger partial charge in [-0.25, -0.2) is 8.60 Å². The summed E-state index contributed by atoms with van der Waals surface area (Å²) >= 11 is -0.468. The Labute approximate surface area is 222 Å². The number of hydrogen-bond donors (Lipinski definition) is 3. The first-order valence-corrected chi connectivity index (χ1v) is 12.5. The fourth-order valence-corrected chi connectivity index (χ4v) is 4.79. The molecule has 1 unspecified atom stereocenters. The minimum Gasteiger partial charge on any atom is -0.346 e. The number of amides is 2. The Kier molecular flexibility index (Phi) is 9.07. The molecule has 0 bridgehead atoms. The average molecular weight is 668 g/mol. The summed E-state index contributed by atoms with van der Waals surface area (Å²) in [6, 6.07) is 5.48. The van der Waals surface area contributed by atoms with Crippen LogP contribution in [0.4, 0.5) is 36.4 Å². The number of halogens is 8. The molecule has 2 rings (SSSR count). The van der Waals surface area contributed by atoms with Gasteiger partial charge >= 0.3 is 18.0 Å². The van der Waals surface area contributed by atoms with Crippen molar-refractivity contribution in [3.8, 4) is 0 Å². The van der Waals surface area contributed by atoms with E-state index in [-0.39, 0.29) is 34.2 Å². The summed E-state index contributed by atoms with van der Waals surface area (Å²) in [5.41, 5.74) is -9.32. The van der Waals surface area contributed by atoms with E-state index in [9.17, 15) is 44.5 Å². The molecule has 2 aromatic carbocycles. The van der Waals surface area contributed by atoms with Crippen molar-refractivity contribution in [2.24, 2.45) is 0 Å². The minimum absolute atomic E-state index is 0.122. The summed E-state index contributed by atoms with van der Waals surface area (Å²) in [7, 11) is 0. The van der Waals surface area contributed by atoms with E-state index in [1.54, 1.807) is 22.6 Å². The number of nitrogens with one attached hydrogen (secondary N) is 2. The van der Waals surface area contributed by atoms with E-state index < -0.39 is 52.0 Å². The van der Waals surface area contributed by atoms with Crippen LogP contribution in [0, 0.1) is 10.5 Å². The third-order valence-electron chi connectivity index (χ3n) is 5.08. The molecule has 0 spiro atoms. The lowest BCUT2D eigenvalue weighted by Crippen LogP contribution is -2.50. The number of anilines is 1. The van der Waals surface area contributed by atoms with Crippen LogP contribution in [0.15, 0.2) is 36.4 Å². The molecule has 6 nitrogen and oxygen atoms in total. The summed E-state index contributed by atoms with van der Waals surface area (Å²) in [6.07, 6.45) is -12.6. The van der Waals surface area contributed by atoms with Crippen LogP contribution in [0.25, 0.3) is 0 Å². The zero-order valence-corrected chi connectivity index (χ0v) is 22.2. The smallest absolute Gasteiger partial charge is 0.346 e. The first kappa shape index (κ1) is 31.0. The van der Waals surface area contributed by atoms with Crippen LogP contribution in [0.5, 0.6) is 0 Å². The molecule has 0 radical (unpaired) electrons. The number of benzene rings is 2. The van der Waals surface area contributed by atoms with E-state index in [2.05, 4.69) is 10.6 Å². The standard InChI is InChI=1S/C22H20F7IN2O4S/c1-11-9-12(20(23,21(24,25)26)22(27,28)29)7-8-15(11)31-17(33)13-5-4-6-14(30)16(13)18(34)32-19(2,3)10-37(35)36/h4-9H,10H2,1-3H3,(H,31,33)(H,32,34)(H,35,36). The highest BCUT2D eigenvalue weighted by Crippen LogP contribution is 2.53. The van der Waals surface area contributed by atoms with Gasteiger partial charge in [-0.1, -0.05) is 18.2 Å². The van der Waals surface area contributed by atoms with Crippen molar-refractivity contribution in [2.45, 2.75) is 44.3 Å². The SMILES string of the molecule is Cc1cc(C(F)(C(F)(F)F)C(F)(F)F)ccc1NC(=O)c1cccc(I)c1C(=O)NC(C)(C)CS(=O)O. The highest BCUT2D eigenvalue weighted by molar-refractivity contribution is 14.1. The second-order valence-corrected chi connectivity index (χ2v) is 10.7. The van der Waals surface area contributed by atoms with E-state index in [1.165, 1.54) is 32.0 Å². The Morgan fingerprint density at radius 3 is 2.03 bits per heavy atom. The Morgan fingerprint density at radius 1 is 0.973 bits per heavy atom. The molecule has 15 heteroatoms. The zero-order valence-electron chi connectivity index (χ0n) is 19.3. The number of carbonyl (C=O) groups is 2. The van der Waals surface area contributed by atoms with Crippen molar-refractivity contribution in [3.05, 3.63) is 62.2 Å². The van der Waals surface area contributed by atoms with Gasteiger partial charge in [-0.2, -0.15) is 26.3 Å². The quantitative estimate of drug-likeness (QED) is 0.196. The third kappa shape index (κ3) is 6.79. The number of carbonyl (C=O) groups excluding carboxylic acids is 2. The summed E-state index contributed by atoms with van der Waals surface area (Å²) < 4.78 is 113. The van der Waals surface area contributed by atoms with Crippen molar-refractivity contribution < 1.29 is 49.1 Å². The zero-order chi connectivity index (χ0) is 28.6. The van der Waals surface area contributed by atoms with Gasteiger partial charge in [0.25, 0.3) is 11.8 Å². The lowest BCUT2D eigenvalue weighted by molar-refractivity contribution is -0.348. The predicted octanol–water partition coefficient (Wildman–Crippen LogP) is 5.87. The molecule has 0 saturated heterocycles. The fourth-order valence-electron chi connectivity index (χ4n) is 3.35. The molecule has 2 amide bonds. The van der Waals surface area contributed by atoms with Crippen LogP contribution < -0.4 is 10.6 Å². The summed E-state index contributed by atoms with van der Waals surface area (Å²) in [5, 5.41) is 4.84. The van der Waals surface area contributed by atoms with E-state index in [4.69, 9.17) is 4.55 Å². The van der Waals surface area contributed by atoms with E-state index in [0.29, 0.717) is 15.7 Å². The molecule has 0 heterocycles. The summed E-state index contributed by atoms with van der Waals surface area (Å²) in [5.74, 6) is -2.02. The van der Waals surface area contributed by atoms with Gasteiger partial charge < -0.3 is 15.2 Å². The van der Waals surface area contributed by atoms with Crippen molar-refractivity contribution in [2.75, 3.05) is 11.1 Å². The van der Waals surface area contributed by atoms with Gasteiger partial charge in [0.15, 0.2) is 11.1 Å². The molecular formula is C22H20F7IN2O4S. The Hall–Kier alpha value is -2.27. The lowest BCUT2D eigenvalue weighted by atomic mass is 9.92. The monoisotopic (exact) mass is 668 g/mol. The number of hydrogen-bond acceptors (Lipinski definition) is 3. The molecule has 0 fully saturated rings. The number of aryl methyl sites for hydroxylation is 1.